The van der Waals surface area contributed by atoms with Crippen molar-refractivity contribution in [3.8, 4) is 6.07 Å². The van der Waals surface area contributed by atoms with Gasteiger partial charge in [-0.3, -0.25) is 0 Å². The lowest BCUT2D eigenvalue weighted by Crippen LogP contribution is -1.93. The van der Waals surface area contributed by atoms with Gasteiger partial charge in [-0.15, -0.1) is 0 Å². The van der Waals surface area contributed by atoms with Gasteiger partial charge in [0, 0.05) is 4.43 Å². The third-order valence-corrected chi connectivity index (χ3v) is 1.92. The molecule has 0 aromatic carbocycles. The first-order chi connectivity index (χ1) is 3.35. The molecule has 0 amide bonds. The summed E-state index contributed by atoms with van der Waals surface area (Å²) >= 11 is 2.23. The lowest BCUT2D eigenvalue weighted by atomic mass is 10.2. The Bertz CT molecular complexity index is 70.6. The van der Waals surface area contributed by atoms with Gasteiger partial charge in [-0.05, 0) is 6.42 Å². The van der Waals surface area contributed by atoms with Crippen LogP contribution >= 0.6 is 22.6 Å². The van der Waals surface area contributed by atoms with E-state index in [0.717, 1.165) is 10.8 Å². The molecule has 0 aromatic rings. The molecule has 0 aliphatic heterocycles. The number of alkyl halides is 1. The minimum absolute atomic E-state index is 0.278. The van der Waals surface area contributed by atoms with Crippen LogP contribution in [0.2, 0.25) is 0 Å². The van der Waals surface area contributed by atoms with Crippen LogP contribution in [0.3, 0.4) is 0 Å². The minimum Gasteiger partial charge on any atom is -0.198 e. The van der Waals surface area contributed by atoms with Crippen LogP contribution in [-0.2, 0) is 0 Å². The highest BCUT2D eigenvalue weighted by Crippen LogP contribution is 2.03. The topological polar surface area (TPSA) is 23.8 Å². The van der Waals surface area contributed by atoms with E-state index in [1.54, 1.807) is 0 Å². The van der Waals surface area contributed by atoms with E-state index in [1.807, 2.05) is 6.92 Å². The second-order valence-electron chi connectivity index (χ2n) is 1.39. The van der Waals surface area contributed by atoms with Crippen LogP contribution in [0.1, 0.15) is 13.3 Å². The molecule has 0 aromatic heterocycles. The van der Waals surface area contributed by atoms with Crippen LogP contribution in [0, 0.1) is 17.2 Å². The van der Waals surface area contributed by atoms with E-state index in [2.05, 4.69) is 28.7 Å². The maximum atomic E-state index is 8.27. The van der Waals surface area contributed by atoms with Gasteiger partial charge in [0.1, 0.15) is 0 Å². The van der Waals surface area contributed by atoms with E-state index < -0.39 is 0 Å². The Morgan fingerprint density at radius 3 is 2.43 bits per heavy atom. The van der Waals surface area contributed by atoms with Crippen molar-refractivity contribution < 1.29 is 0 Å². The van der Waals surface area contributed by atoms with Gasteiger partial charge in [0.15, 0.2) is 0 Å². The molecule has 0 N–H and O–H groups in total. The molecule has 0 heterocycles. The normalized spacial score (nSPS) is 12.7. The second kappa shape index (κ2) is 4.38. The predicted molar refractivity (Wildman–Crippen MR) is 38.3 cm³/mol. The number of hydrogen-bond donors (Lipinski definition) is 0. The molecule has 0 fully saturated rings. The van der Waals surface area contributed by atoms with Gasteiger partial charge in [-0.25, -0.2) is 0 Å². The molecule has 1 nitrogen and oxygen atoms in total. The van der Waals surface area contributed by atoms with Gasteiger partial charge in [-0.2, -0.15) is 5.26 Å². The minimum atomic E-state index is 0.278. The molecule has 0 radical (unpaired) electrons. The van der Waals surface area contributed by atoms with Crippen molar-refractivity contribution in [2.24, 2.45) is 5.92 Å². The summed E-state index contributed by atoms with van der Waals surface area (Å²) in [4.78, 5) is 0. The van der Waals surface area contributed by atoms with Crippen LogP contribution < -0.4 is 0 Å². The average Bonchev–Trinajstić information content (AvgIpc) is 1.72. The van der Waals surface area contributed by atoms with E-state index in [1.165, 1.54) is 0 Å². The van der Waals surface area contributed by atoms with Crippen molar-refractivity contribution in [2.45, 2.75) is 13.3 Å². The van der Waals surface area contributed by atoms with Crippen molar-refractivity contribution in [3.05, 3.63) is 0 Å². The average molecular weight is 209 g/mol. The largest absolute Gasteiger partial charge is 0.198 e. The summed E-state index contributed by atoms with van der Waals surface area (Å²) in [7, 11) is 0. The Kier molecular flexibility index (Phi) is 4.52. The second-order valence-corrected chi connectivity index (χ2v) is 2.27. The summed E-state index contributed by atoms with van der Waals surface area (Å²) in [6.45, 7) is 2.03. The highest BCUT2D eigenvalue weighted by molar-refractivity contribution is 14.1. The fourth-order valence-electron chi connectivity index (χ4n) is 0.235. The van der Waals surface area contributed by atoms with Crippen LogP contribution in [0.25, 0.3) is 0 Å². The summed E-state index contributed by atoms with van der Waals surface area (Å²) in [6.07, 6.45) is 0.986. The standard InChI is InChI=1S/C5H8IN/c1-2-5(3-6)4-7/h5H,2-3H2,1H3. The molecular weight excluding hydrogens is 201 g/mol. The fourth-order valence-corrected chi connectivity index (χ4v) is 1.05. The monoisotopic (exact) mass is 209 g/mol. The fraction of sp³-hybridized carbons (Fsp3) is 0.800. The first-order valence-corrected chi connectivity index (χ1v) is 3.83. The third-order valence-electron chi connectivity index (χ3n) is 0.862. The molecule has 1 atom stereocenters. The smallest absolute Gasteiger partial charge is 0.0663 e. The van der Waals surface area contributed by atoms with Gasteiger partial charge in [-0.1, -0.05) is 29.5 Å². The third kappa shape index (κ3) is 2.86. The quantitative estimate of drug-likeness (QED) is 0.503. The van der Waals surface area contributed by atoms with Crippen molar-refractivity contribution in [3.63, 3.8) is 0 Å². The SMILES string of the molecule is CCC(C#N)CI. The Morgan fingerprint density at radius 2 is 2.43 bits per heavy atom. The highest BCUT2D eigenvalue weighted by atomic mass is 127. The molecule has 0 rings (SSSR count). The zero-order chi connectivity index (χ0) is 5.70. The van der Waals surface area contributed by atoms with E-state index in [4.69, 9.17) is 5.26 Å². The molecule has 40 valence electrons. The van der Waals surface area contributed by atoms with E-state index in [0.29, 0.717) is 0 Å². The Hall–Kier alpha value is 0.220. The number of hydrogen-bond acceptors (Lipinski definition) is 1. The zero-order valence-electron chi connectivity index (χ0n) is 4.32. The van der Waals surface area contributed by atoms with Gasteiger partial charge >= 0.3 is 0 Å². The maximum absolute atomic E-state index is 8.27. The first kappa shape index (κ1) is 7.22. The number of halogens is 1. The first-order valence-electron chi connectivity index (χ1n) is 2.30. The van der Waals surface area contributed by atoms with Crippen LogP contribution in [0.4, 0.5) is 0 Å². The molecule has 0 aliphatic carbocycles. The molecule has 0 saturated heterocycles. The summed E-state index contributed by atoms with van der Waals surface area (Å²) in [5.41, 5.74) is 0. The molecule has 2 heteroatoms. The van der Waals surface area contributed by atoms with E-state index >= 15 is 0 Å². The number of nitriles is 1. The van der Waals surface area contributed by atoms with Crippen LogP contribution in [-0.4, -0.2) is 4.43 Å². The zero-order valence-corrected chi connectivity index (χ0v) is 6.47. The van der Waals surface area contributed by atoms with Gasteiger partial charge in [0.2, 0.25) is 0 Å². The van der Waals surface area contributed by atoms with Crippen LogP contribution in [0.5, 0.6) is 0 Å². The molecule has 7 heavy (non-hydrogen) atoms. The van der Waals surface area contributed by atoms with Gasteiger partial charge in [0.05, 0.1) is 12.0 Å². The lowest BCUT2D eigenvalue weighted by molar-refractivity contribution is 0.734. The van der Waals surface area contributed by atoms with Crippen molar-refractivity contribution in [1.29, 1.82) is 5.26 Å². The van der Waals surface area contributed by atoms with E-state index in [-0.39, 0.29) is 5.92 Å². The van der Waals surface area contributed by atoms with Gasteiger partial charge < -0.3 is 0 Å². The molecule has 1 unspecified atom stereocenters. The van der Waals surface area contributed by atoms with Crippen molar-refractivity contribution in [1.82, 2.24) is 0 Å². The van der Waals surface area contributed by atoms with Crippen molar-refractivity contribution in [2.75, 3.05) is 4.43 Å². The Labute approximate surface area is 57.9 Å². The molecule has 0 spiro atoms. The molecule has 0 saturated carbocycles. The summed E-state index contributed by atoms with van der Waals surface area (Å²) in [5, 5.41) is 8.27. The predicted octanol–water partition coefficient (Wildman–Crippen LogP) is 1.97. The maximum Gasteiger partial charge on any atom is 0.0663 e. The lowest BCUT2D eigenvalue weighted by Gasteiger charge is -1.94. The van der Waals surface area contributed by atoms with Crippen LogP contribution in [0.15, 0.2) is 0 Å². The highest BCUT2D eigenvalue weighted by Gasteiger charge is 1.97. The summed E-state index contributed by atoms with van der Waals surface area (Å²) < 4.78 is 0.963. The molecular formula is C5H8IN. The van der Waals surface area contributed by atoms with Crippen molar-refractivity contribution >= 4 is 22.6 Å². The number of rotatable bonds is 2. The molecule has 0 bridgehead atoms. The molecule has 0 aliphatic rings. The summed E-state index contributed by atoms with van der Waals surface area (Å²) in [5.74, 6) is 0.278. The Balaban J connectivity index is 3.23. The van der Waals surface area contributed by atoms with Gasteiger partial charge in [0.25, 0.3) is 0 Å². The Morgan fingerprint density at radius 1 is 1.86 bits per heavy atom. The number of nitrogens with zero attached hydrogens (tertiary/aromatic N) is 1. The summed E-state index contributed by atoms with van der Waals surface area (Å²) in [6, 6.07) is 2.19. The van der Waals surface area contributed by atoms with E-state index in [9.17, 15) is 0 Å².